The topological polar surface area (TPSA) is 73.6 Å². The number of anilines is 2. The molecule has 1 heterocycles. The van der Waals surface area contributed by atoms with Gasteiger partial charge in [-0.3, -0.25) is 0 Å². The molecule has 110 valence electrons. The predicted octanol–water partition coefficient (Wildman–Crippen LogP) is 2.18. The Morgan fingerprint density at radius 2 is 2.35 bits per heavy atom. The summed E-state index contributed by atoms with van der Waals surface area (Å²) in [5.41, 5.74) is 6.06. The molecule has 6 heteroatoms. The minimum absolute atomic E-state index is 0.0637. The molecule has 0 aliphatic carbocycles. The Labute approximate surface area is 117 Å². The van der Waals surface area contributed by atoms with Crippen LogP contribution in [0.4, 0.5) is 15.8 Å². The number of nitrogens with one attached hydrogen (secondary N) is 1. The number of halogens is 1. The smallest absolute Gasteiger partial charge is 0.340 e. The molecule has 1 atom stereocenters. The number of carbonyl (C=O) groups is 1. The largest absolute Gasteiger partial charge is 0.465 e. The van der Waals surface area contributed by atoms with Gasteiger partial charge < -0.3 is 20.5 Å². The maximum absolute atomic E-state index is 13.8. The van der Waals surface area contributed by atoms with Gasteiger partial charge in [0.2, 0.25) is 0 Å². The Balaban J connectivity index is 2.08. The van der Waals surface area contributed by atoms with E-state index in [1.54, 1.807) is 0 Å². The van der Waals surface area contributed by atoms with Gasteiger partial charge in [-0.05, 0) is 31.4 Å². The first-order valence-electron chi connectivity index (χ1n) is 6.64. The monoisotopic (exact) mass is 282 g/mol. The number of nitrogens with two attached hydrogens (primary N) is 1. The van der Waals surface area contributed by atoms with Crippen LogP contribution >= 0.6 is 0 Å². The highest BCUT2D eigenvalue weighted by Crippen LogP contribution is 2.23. The SMILES string of the molecule is COC(=O)c1cc(NCC2CCCCO2)c(F)cc1N. The van der Waals surface area contributed by atoms with Crippen LogP contribution in [0.3, 0.4) is 0 Å². The minimum atomic E-state index is -0.584. The molecule has 5 nitrogen and oxygen atoms in total. The zero-order valence-corrected chi connectivity index (χ0v) is 11.4. The van der Waals surface area contributed by atoms with Gasteiger partial charge in [-0.2, -0.15) is 0 Å². The third-order valence-electron chi connectivity index (χ3n) is 3.34. The van der Waals surface area contributed by atoms with Gasteiger partial charge in [-0.1, -0.05) is 0 Å². The van der Waals surface area contributed by atoms with Crippen molar-refractivity contribution in [3.05, 3.63) is 23.5 Å². The third kappa shape index (κ3) is 3.39. The van der Waals surface area contributed by atoms with E-state index in [9.17, 15) is 9.18 Å². The van der Waals surface area contributed by atoms with Crippen molar-refractivity contribution >= 4 is 17.3 Å². The highest BCUT2D eigenvalue weighted by atomic mass is 19.1. The molecule has 1 saturated heterocycles. The Morgan fingerprint density at radius 1 is 1.55 bits per heavy atom. The molecule has 0 spiro atoms. The van der Waals surface area contributed by atoms with Crippen molar-refractivity contribution < 1.29 is 18.7 Å². The van der Waals surface area contributed by atoms with Crippen molar-refractivity contribution in [2.45, 2.75) is 25.4 Å². The fourth-order valence-corrected chi connectivity index (χ4v) is 2.20. The Hall–Kier alpha value is -1.82. The molecule has 1 aliphatic heterocycles. The fourth-order valence-electron chi connectivity index (χ4n) is 2.20. The zero-order chi connectivity index (χ0) is 14.5. The zero-order valence-electron chi connectivity index (χ0n) is 11.4. The lowest BCUT2D eigenvalue weighted by molar-refractivity contribution is 0.0247. The minimum Gasteiger partial charge on any atom is -0.465 e. The summed E-state index contributed by atoms with van der Waals surface area (Å²) in [5, 5.41) is 2.97. The molecule has 20 heavy (non-hydrogen) atoms. The summed E-state index contributed by atoms with van der Waals surface area (Å²) in [7, 11) is 1.26. The van der Waals surface area contributed by atoms with E-state index in [-0.39, 0.29) is 23.0 Å². The number of ether oxygens (including phenoxy) is 2. The third-order valence-corrected chi connectivity index (χ3v) is 3.34. The number of benzene rings is 1. The lowest BCUT2D eigenvalue weighted by Crippen LogP contribution is -2.27. The van der Waals surface area contributed by atoms with Gasteiger partial charge in [0.05, 0.1) is 24.5 Å². The number of rotatable bonds is 4. The summed E-state index contributed by atoms with van der Waals surface area (Å²) in [6, 6.07) is 2.50. The maximum atomic E-state index is 13.8. The molecule has 1 aromatic rings. The fraction of sp³-hybridized carbons (Fsp3) is 0.500. The van der Waals surface area contributed by atoms with Gasteiger partial charge in [-0.15, -0.1) is 0 Å². The molecule has 3 N–H and O–H groups in total. The summed E-state index contributed by atoms with van der Waals surface area (Å²) in [4.78, 5) is 11.5. The van der Waals surface area contributed by atoms with Crippen LogP contribution in [-0.2, 0) is 9.47 Å². The van der Waals surface area contributed by atoms with E-state index >= 15 is 0 Å². The van der Waals surface area contributed by atoms with Crippen molar-refractivity contribution in [2.24, 2.45) is 0 Å². The van der Waals surface area contributed by atoms with Crippen LogP contribution in [0.2, 0.25) is 0 Å². The van der Waals surface area contributed by atoms with Crippen molar-refractivity contribution in [1.82, 2.24) is 0 Å². The molecule has 1 fully saturated rings. The van der Waals surface area contributed by atoms with E-state index in [0.29, 0.717) is 6.54 Å². The van der Waals surface area contributed by atoms with Crippen LogP contribution in [0.25, 0.3) is 0 Å². The molecule has 1 unspecified atom stereocenters. The number of methoxy groups -OCH3 is 1. The lowest BCUT2D eigenvalue weighted by atomic mass is 10.1. The van der Waals surface area contributed by atoms with Gasteiger partial charge in [0, 0.05) is 18.8 Å². The van der Waals surface area contributed by atoms with Crippen LogP contribution in [0, 0.1) is 5.82 Å². The molecule has 0 saturated carbocycles. The van der Waals surface area contributed by atoms with E-state index in [2.05, 4.69) is 10.1 Å². The maximum Gasteiger partial charge on any atom is 0.340 e. The van der Waals surface area contributed by atoms with Crippen LogP contribution < -0.4 is 11.1 Å². The average Bonchev–Trinajstić information content (AvgIpc) is 2.46. The van der Waals surface area contributed by atoms with Gasteiger partial charge in [0.15, 0.2) is 0 Å². The van der Waals surface area contributed by atoms with E-state index < -0.39 is 11.8 Å². The van der Waals surface area contributed by atoms with Crippen molar-refractivity contribution in [1.29, 1.82) is 0 Å². The first-order chi connectivity index (χ1) is 9.61. The summed E-state index contributed by atoms with van der Waals surface area (Å²) in [5.74, 6) is -1.08. The molecule has 1 aromatic carbocycles. The van der Waals surface area contributed by atoms with Crippen LogP contribution in [0.15, 0.2) is 12.1 Å². The standard InChI is InChI=1S/C14H19FN2O3/c1-19-14(18)10-6-13(11(15)7-12(10)16)17-8-9-4-2-3-5-20-9/h6-7,9,17H,2-5,8,16H2,1H3. The van der Waals surface area contributed by atoms with Crippen LogP contribution in [0.1, 0.15) is 29.6 Å². The van der Waals surface area contributed by atoms with Gasteiger partial charge in [-0.25, -0.2) is 9.18 Å². The van der Waals surface area contributed by atoms with Crippen molar-refractivity contribution in [3.8, 4) is 0 Å². The number of esters is 1. The number of hydrogen-bond acceptors (Lipinski definition) is 5. The van der Waals surface area contributed by atoms with E-state index in [0.717, 1.165) is 31.9 Å². The number of hydrogen-bond donors (Lipinski definition) is 2. The van der Waals surface area contributed by atoms with Crippen molar-refractivity contribution in [2.75, 3.05) is 31.3 Å². The quantitative estimate of drug-likeness (QED) is 0.654. The second-order valence-corrected chi connectivity index (χ2v) is 4.78. The molecule has 0 bridgehead atoms. The molecule has 0 amide bonds. The normalized spacial score (nSPS) is 18.6. The molecule has 0 aromatic heterocycles. The second kappa shape index (κ2) is 6.56. The van der Waals surface area contributed by atoms with E-state index in [1.807, 2.05) is 0 Å². The van der Waals surface area contributed by atoms with Gasteiger partial charge in [0.25, 0.3) is 0 Å². The second-order valence-electron chi connectivity index (χ2n) is 4.78. The predicted molar refractivity (Wildman–Crippen MR) is 74.2 cm³/mol. The van der Waals surface area contributed by atoms with Gasteiger partial charge >= 0.3 is 5.97 Å². The molecule has 0 radical (unpaired) electrons. The first kappa shape index (κ1) is 14.6. The number of carbonyl (C=O) groups excluding carboxylic acids is 1. The number of nitrogen functional groups attached to an aromatic ring is 1. The van der Waals surface area contributed by atoms with Crippen LogP contribution in [0.5, 0.6) is 0 Å². The molecular formula is C14H19FN2O3. The Bertz CT molecular complexity index is 488. The highest BCUT2D eigenvalue weighted by Gasteiger charge is 2.17. The molecule has 2 rings (SSSR count). The summed E-state index contributed by atoms with van der Waals surface area (Å²) in [6.45, 7) is 1.24. The molecular weight excluding hydrogens is 263 g/mol. The summed E-state index contributed by atoms with van der Waals surface area (Å²) >= 11 is 0. The highest BCUT2D eigenvalue weighted by molar-refractivity contribution is 5.96. The lowest BCUT2D eigenvalue weighted by Gasteiger charge is -2.23. The first-order valence-corrected chi connectivity index (χ1v) is 6.64. The van der Waals surface area contributed by atoms with Crippen LogP contribution in [-0.4, -0.2) is 32.3 Å². The Kier molecular flexibility index (Phi) is 4.79. The van der Waals surface area contributed by atoms with E-state index in [4.69, 9.17) is 10.5 Å². The summed E-state index contributed by atoms with van der Waals surface area (Å²) in [6.07, 6.45) is 3.21. The average molecular weight is 282 g/mol. The van der Waals surface area contributed by atoms with Gasteiger partial charge in [0.1, 0.15) is 5.82 Å². The van der Waals surface area contributed by atoms with E-state index in [1.165, 1.54) is 13.2 Å². The van der Waals surface area contributed by atoms with Crippen molar-refractivity contribution in [3.63, 3.8) is 0 Å². The molecule has 1 aliphatic rings. The summed E-state index contributed by atoms with van der Waals surface area (Å²) < 4.78 is 24.0. The Morgan fingerprint density at radius 3 is 3.00 bits per heavy atom.